The van der Waals surface area contributed by atoms with Crippen LogP contribution in [0.1, 0.15) is 36.9 Å². The number of nitrogens with two attached hydrogens (primary N) is 1. The first kappa shape index (κ1) is 18.8. The topological polar surface area (TPSA) is 59.5 Å². The Hall–Kier alpha value is -1.99. The molecule has 0 aliphatic carbocycles. The minimum Gasteiger partial charge on any atom is -0.341 e. The molecule has 0 bridgehead atoms. The summed E-state index contributed by atoms with van der Waals surface area (Å²) in [6.45, 7) is 4.49. The SMILES string of the molecule is Cc1cc([C@@H](C)N)c2nc(N3CCC(F)(F)CC3)n3ccnc3c2c1.Cl. The molecule has 2 aromatic heterocycles. The molecule has 0 unspecified atom stereocenters. The van der Waals surface area contributed by atoms with Gasteiger partial charge in [0.1, 0.15) is 5.65 Å². The van der Waals surface area contributed by atoms with Crippen LogP contribution in [0.25, 0.3) is 16.6 Å². The van der Waals surface area contributed by atoms with Crippen molar-refractivity contribution in [1.29, 1.82) is 0 Å². The molecular weight excluding hydrogens is 360 g/mol. The lowest BCUT2D eigenvalue weighted by Gasteiger charge is -2.33. The van der Waals surface area contributed by atoms with E-state index in [1.807, 2.05) is 41.5 Å². The summed E-state index contributed by atoms with van der Waals surface area (Å²) in [4.78, 5) is 11.2. The Morgan fingerprint density at radius 1 is 1.23 bits per heavy atom. The predicted molar refractivity (Wildman–Crippen MR) is 101 cm³/mol. The minimum atomic E-state index is -2.59. The molecule has 3 aromatic rings. The van der Waals surface area contributed by atoms with Crippen molar-refractivity contribution >= 4 is 34.9 Å². The zero-order valence-electron chi connectivity index (χ0n) is 14.7. The number of aromatic nitrogens is 3. The first-order valence-electron chi connectivity index (χ1n) is 8.51. The van der Waals surface area contributed by atoms with Gasteiger partial charge in [-0.05, 0) is 31.0 Å². The van der Waals surface area contributed by atoms with E-state index in [0.717, 1.165) is 27.7 Å². The van der Waals surface area contributed by atoms with E-state index in [1.54, 1.807) is 6.20 Å². The number of anilines is 1. The molecule has 5 nitrogen and oxygen atoms in total. The number of piperidine rings is 1. The summed E-state index contributed by atoms with van der Waals surface area (Å²) >= 11 is 0. The predicted octanol–water partition coefficient (Wildman–Crippen LogP) is 3.87. The maximum absolute atomic E-state index is 13.5. The van der Waals surface area contributed by atoms with Crippen LogP contribution in [0.5, 0.6) is 0 Å². The molecule has 4 rings (SSSR count). The summed E-state index contributed by atoms with van der Waals surface area (Å²) < 4.78 is 28.9. The second-order valence-corrected chi connectivity index (χ2v) is 6.91. The van der Waals surface area contributed by atoms with Gasteiger partial charge in [0.05, 0.1) is 5.52 Å². The summed E-state index contributed by atoms with van der Waals surface area (Å²) in [6, 6.07) is 3.91. The van der Waals surface area contributed by atoms with E-state index in [2.05, 4.69) is 4.98 Å². The van der Waals surface area contributed by atoms with Gasteiger partial charge < -0.3 is 10.6 Å². The zero-order chi connectivity index (χ0) is 17.8. The average molecular weight is 382 g/mol. The molecule has 0 amide bonds. The minimum absolute atomic E-state index is 0. The fraction of sp³-hybridized carbons (Fsp3) is 0.444. The lowest BCUT2D eigenvalue weighted by molar-refractivity contribution is -0.0222. The second-order valence-electron chi connectivity index (χ2n) is 6.91. The highest BCUT2D eigenvalue weighted by atomic mass is 35.5. The highest BCUT2D eigenvalue weighted by molar-refractivity contribution is 5.95. The molecule has 2 N–H and O–H groups in total. The quantitative estimate of drug-likeness (QED) is 0.732. The molecule has 26 heavy (non-hydrogen) atoms. The van der Waals surface area contributed by atoms with Gasteiger partial charge in [0, 0.05) is 49.8 Å². The van der Waals surface area contributed by atoms with Crippen LogP contribution < -0.4 is 10.6 Å². The van der Waals surface area contributed by atoms with Crippen molar-refractivity contribution in [2.75, 3.05) is 18.0 Å². The molecule has 8 heteroatoms. The highest BCUT2D eigenvalue weighted by Gasteiger charge is 2.35. The van der Waals surface area contributed by atoms with Gasteiger partial charge in [0.25, 0.3) is 5.92 Å². The molecule has 0 radical (unpaired) electrons. The highest BCUT2D eigenvalue weighted by Crippen LogP contribution is 2.33. The Kier molecular flexibility index (Phi) is 4.79. The molecule has 1 aliphatic rings. The van der Waals surface area contributed by atoms with Gasteiger partial charge in [-0.1, -0.05) is 6.07 Å². The standard InChI is InChI=1S/C18H21F2N5.ClH/c1-11-9-13(12(2)21)15-14(10-11)16-22-5-8-25(16)17(23-15)24-6-3-18(19,20)4-7-24;/h5,8-10,12H,3-4,6-7,21H2,1-2H3;1H/t12-;/m1./s1. The van der Waals surface area contributed by atoms with Crippen LogP contribution in [-0.2, 0) is 0 Å². The Balaban J connectivity index is 0.00000196. The molecule has 1 saturated heterocycles. The van der Waals surface area contributed by atoms with Crippen molar-refractivity contribution in [3.8, 4) is 0 Å². The van der Waals surface area contributed by atoms with Gasteiger partial charge in [-0.25, -0.2) is 18.7 Å². The lowest BCUT2D eigenvalue weighted by atomic mass is 10.0. The third-order valence-corrected chi connectivity index (χ3v) is 4.86. The molecule has 3 heterocycles. The number of hydrogen-bond donors (Lipinski definition) is 1. The van der Waals surface area contributed by atoms with Gasteiger partial charge >= 0.3 is 0 Å². The Bertz CT molecular complexity index is 944. The van der Waals surface area contributed by atoms with Crippen molar-refractivity contribution in [2.24, 2.45) is 5.73 Å². The van der Waals surface area contributed by atoms with Crippen molar-refractivity contribution < 1.29 is 8.78 Å². The van der Waals surface area contributed by atoms with E-state index in [-0.39, 0.29) is 44.4 Å². The van der Waals surface area contributed by atoms with E-state index < -0.39 is 5.92 Å². The Morgan fingerprint density at radius 3 is 2.58 bits per heavy atom. The monoisotopic (exact) mass is 381 g/mol. The van der Waals surface area contributed by atoms with Crippen LogP contribution in [0.15, 0.2) is 24.5 Å². The third kappa shape index (κ3) is 3.10. The summed E-state index contributed by atoms with van der Waals surface area (Å²) in [7, 11) is 0. The lowest BCUT2D eigenvalue weighted by Crippen LogP contribution is -2.40. The van der Waals surface area contributed by atoms with Crippen LogP contribution in [0, 0.1) is 6.92 Å². The number of alkyl halides is 2. The average Bonchev–Trinajstić information content (AvgIpc) is 3.03. The van der Waals surface area contributed by atoms with Crippen molar-refractivity contribution in [3.05, 3.63) is 35.7 Å². The number of fused-ring (bicyclic) bond motifs is 3. The van der Waals surface area contributed by atoms with Crippen LogP contribution in [0.3, 0.4) is 0 Å². The van der Waals surface area contributed by atoms with Crippen LogP contribution in [-0.4, -0.2) is 33.4 Å². The number of rotatable bonds is 2. The normalized spacial score (nSPS) is 18.1. The molecular formula is C18H22ClF2N5. The molecule has 1 atom stereocenters. The van der Waals surface area contributed by atoms with Crippen LogP contribution in [0.4, 0.5) is 14.7 Å². The molecule has 1 aliphatic heterocycles. The molecule has 140 valence electrons. The van der Waals surface area contributed by atoms with Gasteiger partial charge in [-0.15, -0.1) is 12.4 Å². The van der Waals surface area contributed by atoms with E-state index in [0.29, 0.717) is 5.95 Å². The maximum atomic E-state index is 13.5. The number of benzene rings is 1. The van der Waals surface area contributed by atoms with Gasteiger partial charge in [-0.2, -0.15) is 0 Å². The molecule has 1 aromatic carbocycles. The number of hydrogen-bond acceptors (Lipinski definition) is 4. The summed E-state index contributed by atoms with van der Waals surface area (Å²) in [5.41, 5.74) is 9.77. The van der Waals surface area contributed by atoms with Gasteiger partial charge in [0.15, 0.2) is 0 Å². The summed E-state index contributed by atoms with van der Waals surface area (Å²) in [6.07, 6.45) is 3.23. The second kappa shape index (κ2) is 6.63. The number of halogens is 3. The summed E-state index contributed by atoms with van der Waals surface area (Å²) in [5.74, 6) is -1.93. The molecule has 0 spiro atoms. The fourth-order valence-electron chi connectivity index (χ4n) is 3.52. The summed E-state index contributed by atoms with van der Waals surface area (Å²) in [5, 5.41) is 0.934. The van der Waals surface area contributed by atoms with Gasteiger partial charge in [0.2, 0.25) is 5.95 Å². The first-order valence-corrected chi connectivity index (χ1v) is 8.51. The fourth-order valence-corrected chi connectivity index (χ4v) is 3.52. The molecule has 0 saturated carbocycles. The number of nitrogens with zero attached hydrogens (tertiary/aromatic N) is 4. The largest absolute Gasteiger partial charge is 0.341 e. The van der Waals surface area contributed by atoms with Crippen LogP contribution in [0.2, 0.25) is 0 Å². The Morgan fingerprint density at radius 2 is 1.92 bits per heavy atom. The van der Waals surface area contributed by atoms with Crippen molar-refractivity contribution in [1.82, 2.24) is 14.4 Å². The number of imidazole rings is 1. The first-order chi connectivity index (χ1) is 11.9. The maximum Gasteiger partial charge on any atom is 0.251 e. The zero-order valence-corrected chi connectivity index (χ0v) is 15.6. The smallest absolute Gasteiger partial charge is 0.251 e. The number of aryl methyl sites for hydroxylation is 1. The van der Waals surface area contributed by atoms with Crippen molar-refractivity contribution in [2.45, 2.75) is 38.7 Å². The van der Waals surface area contributed by atoms with E-state index in [9.17, 15) is 8.78 Å². The molecule has 1 fully saturated rings. The van der Waals surface area contributed by atoms with Crippen molar-refractivity contribution in [3.63, 3.8) is 0 Å². The van der Waals surface area contributed by atoms with Crippen LogP contribution >= 0.6 is 12.4 Å². The Labute approximate surface area is 156 Å². The van der Waals surface area contributed by atoms with E-state index in [4.69, 9.17) is 10.7 Å². The van der Waals surface area contributed by atoms with E-state index in [1.165, 1.54) is 0 Å². The van der Waals surface area contributed by atoms with Gasteiger partial charge in [-0.3, -0.25) is 4.40 Å². The third-order valence-electron chi connectivity index (χ3n) is 4.86. The van der Waals surface area contributed by atoms with E-state index >= 15 is 0 Å².